The Labute approximate surface area is 183 Å². The highest BCUT2D eigenvalue weighted by Crippen LogP contribution is 2.34. The molecule has 0 aliphatic heterocycles. The molecule has 4 rings (SSSR count). The van der Waals surface area contributed by atoms with Crippen molar-refractivity contribution in [1.82, 2.24) is 4.98 Å². The Balaban J connectivity index is 0.00000150. The first-order valence-corrected chi connectivity index (χ1v) is 8.82. The molecule has 4 N–H and O–H groups in total. The number of nitriles is 1. The van der Waals surface area contributed by atoms with E-state index in [9.17, 15) is 0 Å². The maximum Gasteiger partial charge on any atom is 0.181 e. The van der Waals surface area contributed by atoms with Gasteiger partial charge in [-0.25, -0.2) is 4.98 Å². The number of oxazole rings is 1. The van der Waals surface area contributed by atoms with E-state index in [1.165, 1.54) is 23.7 Å². The number of nitrogen functional groups attached to an aromatic ring is 1. The van der Waals surface area contributed by atoms with Crippen molar-refractivity contribution in [2.24, 2.45) is 0 Å². The van der Waals surface area contributed by atoms with E-state index in [0.29, 0.717) is 22.6 Å². The van der Waals surface area contributed by atoms with Gasteiger partial charge in [0.1, 0.15) is 5.71 Å². The molecule has 1 aliphatic carbocycles. The second-order valence-corrected chi connectivity index (χ2v) is 6.66. The molecule has 1 aromatic heterocycles. The third-order valence-electron chi connectivity index (χ3n) is 4.93. The molecule has 0 radical (unpaired) electrons. The first-order valence-electron chi connectivity index (χ1n) is 8.82. The number of hydrogen-bond donors (Lipinski definition) is 3. The third kappa shape index (κ3) is 3.87. The lowest BCUT2D eigenvalue weighted by Gasteiger charge is -2.27. The highest BCUT2D eigenvalue weighted by atomic mass is 127. The van der Waals surface area contributed by atoms with Gasteiger partial charge in [0.25, 0.3) is 0 Å². The van der Waals surface area contributed by atoms with E-state index in [4.69, 9.17) is 20.8 Å². The maximum absolute atomic E-state index is 9.12. The minimum atomic E-state index is 0. The number of hydrogen-bond acceptors (Lipinski definition) is 6. The summed E-state index contributed by atoms with van der Waals surface area (Å²) in [7, 11) is 0. The van der Waals surface area contributed by atoms with Crippen LogP contribution in [-0.4, -0.2) is 10.7 Å². The Morgan fingerprint density at radius 3 is 2.93 bits per heavy atom. The molecule has 6 nitrogen and oxygen atoms in total. The molecule has 28 heavy (non-hydrogen) atoms. The van der Waals surface area contributed by atoms with Crippen molar-refractivity contribution in [2.45, 2.75) is 25.3 Å². The molecular weight excluding hydrogens is 465 g/mol. The number of halogens is 1. The van der Waals surface area contributed by atoms with Gasteiger partial charge in [-0.15, -0.1) is 24.0 Å². The Kier molecular flexibility index (Phi) is 5.99. The molecule has 0 saturated heterocycles. The smallest absolute Gasteiger partial charge is 0.181 e. The van der Waals surface area contributed by atoms with Crippen LogP contribution in [0, 0.1) is 16.7 Å². The van der Waals surface area contributed by atoms with Crippen molar-refractivity contribution >= 4 is 41.1 Å². The van der Waals surface area contributed by atoms with Crippen LogP contribution in [-0.2, 0) is 6.42 Å². The topological polar surface area (TPSA) is 112 Å². The van der Waals surface area contributed by atoms with Gasteiger partial charge in [0.05, 0.1) is 23.9 Å². The van der Waals surface area contributed by atoms with Crippen molar-refractivity contribution in [3.8, 4) is 6.07 Å². The number of anilines is 2. The predicted octanol–water partition coefficient (Wildman–Crippen LogP) is 5.14. The standard InChI is InChI=1S/C21H19N5O.HI.2H2/c22-10-13-4-6-16-14(8-13)2-1-3-19(16)26-15-5-7-18(23)17(9-15)21(24)20-11-25-12-27-20;;;/h4-9,11-12,19,24,26H,1-3,23H2;3*1H/t19-;;;/m1.../s1. The molecule has 3 aromatic rings. The summed E-state index contributed by atoms with van der Waals surface area (Å²) in [6, 6.07) is 13.9. The van der Waals surface area contributed by atoms with Crippen LogP contribution in [0.1, 0.15) is 49.8 Å². The van der Waals surface area contributed by atoms with Crippen LogP contribution in [0.2, 0.25) is 0 Å². The number of rotatable bonds is 4. The zero-order chi connectivity index (χ0) is 18.8. The second kappa shape index (κ2) is 8.44. The SMILES string of the molecule is I.N#Cc1ccc2c(c1)CCC[C@H]2Nc1ccc(N)c(C(=N)c2cnco2)c1.[HH].[HH]. The van der Waals surface area contributed by atoms with Crippen LogP contribution in [0.4, 0.5) is 11.4 Å². The number of benzene rings is 2. The first kappa shape index (κ1) is 19.9. The van der Waals surface area contributed by atoms with Gasteiger partial charge in [0, 0.05) is 19.8 Å². The molecule has 146 valence electrons. The van der Waals surface area contributed by atoms with Crippen LogP contribution in [0.25, 0.3) is 0 Å². The molecule has 2 aromatic carbocycles. The minimum absolute atomic E-state index is 0. The van der Waals surface area contributed by atoms with Gasteiger partial charge >= 0.3 is 0 Å². The van der Waals surface area contributed by atoms with E-state index in [1.54, 1.807) is 6.07 Å². The van der Waals surface area contributed by atoms with Gasteiger partial charge in [-0.2, -0.15) is 5.26 Å². The van der Waals surface area contributed by atoms with E-state index < -0.39 is 0 Å². The number of fused-ring (bicyclic) bond motifs is 1. The summed E-state index contributed by atoms with van der Waals surface area (Å²) in [6.07, 6.45) is 5.88. The predicted molar refractivity (Wildman–Crippen MR) is 123 cm³/mol. The lowest BCUT2D eigenvalue weighted by atomic mass is 9.86. The van der Waals surface area contributed by atoms with E-state index in [1.807, 2.05) is 30.3 Å². The van der Waals surface area contributed by atoms with Gasteiger partial charge < -0.3 is 15.5 Å². The van der Waals surface area contributed by atoms with E-state index >= 15 is 0 Å². The minimum Gasteiger partial charge on any atom is -0.442 e. The monoisotopic (exact) mass is 489 g/mol. The lowest BCUT2D eigenvalue weighted by molar-refractivity contribution is 0.548. The molecule has 0 spiro atoms. The van der Waals surface area contributed by atoms with Crippen LogP contribution >= 0.6 is 24.0 Å². The zero-order valence-corrected chi connectivity index (χ0v) is 17.4. The van der Waals surface area contributed by atoms with Crippen LogP contribution in [0.5, 0.6) is 0 Å². The summed E-state index contributed by atoms with van der Waals surface area (Å²) in [4.78, 5) is 3.87. The van der Waals surface area contributed by atoms with Crippen LogP contribution in [0.3, 0.4) is 0 Å². The number of nitrogens with zero attached hydrogens (tertiary/aromatic N) is 2. The molecule has 0 bridgehead atoms. The Bertz CT molecular complexity index is 1050. The zero-order valence-electron chi connectivity index (χ0n) is 15.1. The van der Waals surface area contributed by atoms with E-state index in [-0.39, 0.29) is 38.6 Å². The first-order chi connectivity index (χ1) is 13.2. The van der Waals surface area contributed by atoms with Crippen molar-refractivity contribution in [1.29, 1.82) is 10.7 Å². The molecule has 1 heterocycles. The third-order valence-corrected chi connectivity index (χ3v) is 4.93. The number of nitrogens with one attached hydrogen (secondary N) is 2. The van der Waals surface area contributed by atoms with E-state index in [0.717, 1.165) is 24.9 Å². The van der Waals surface area contributed by atoms with Gasteiger partial charge in [-0.05, 0) is 60.7 Å². The Hall–Kier alpha value is -2.86. The average molecular weight is 489 g/mol. The highest BCUT2D eigenvalue weighted by Gasteiger charge is 2.21. The Morgan fingerprint density at radius 1 is 1.32 bits per heavy atom. The molecule has 0 unspecified atom stereocenters. The fourth-order valence-electron chi connectivity index (χ4n) is 3.57. The maximum atomic E-state index is 9.12. The molecule has 1 atom stereocenters. The quantitative estimate of drug-likeness (QED) is 0.267. The van der Waals surface area contributed by atoms with Crippen LogP contribution < -0.4 is 11.1 Å². The average Bonchev–Trinajstić information content (AvgIpc) is 3.23. The van der Waals surface area contributed by atoms with Gasteiger partial charge in [0.2, 0.25) is 0 Å². The number of aryl methyl sites for hydroxylation is 1. The summed E-state index contributed by atoms with van der Waals surface area (Å²) < 4.78 is 5.22. The van der Waals surface area contributed by atoms with Crippen molar-refractivity contribution in [2.75, 3.05) is 11.1 Å². The fraction of sp³-hybridized carbons (Fsp3) is 0.190. The molecule has 1 aliphatic rings. The summed E-state index contributed by atoms with van der Waals surface area (Å²) in [6.45, 7) is 0. The summed E-state index contributed by atoms with van der Waals surface area (Å²) >= 11 is 0. The summed E-state index contributed by atoms with van der Waals surface area (Å²) in [5, 5.41) is 21.0. The fourth-order valence-corrected chi connectivity index (χ4v) is 3.57. The second-order valence-electron chi connectivity index (χ2n) is 6.66. The van der Waals surface area contributed by atoms with Crippen molar-refractivity contribution in [3.63, 3.8) is 0 Å². The van der Waals surface area contributed by atoms with Crippen molar-refractivity contribution < 1.29 is 7.27 Å². The molecule has 0 amide bonds. The number of aromatic nitrogens is 1. The Morgan fingerprint density at radius 2 is 2.18 bits per heavy atom. The highest BCUT2D eigenvalue weighted by molar-refractivity contribution is 14.0. The molecule has 7 heteroatoms. The molecule has 0 fully saturated rings. The number of nitrogens with two attached hydrogens (primary N) is 1. The van der Waals surface area contributed by atoms with Crippen LogP contribution in [0.15, 0.2) is 53.4 Å². The summed E-state index contributed by atoms with van der Waals surface area (Å²) in [5.41, 5.74) is 11.4. The van der Waals surface area contributed by atoms with Crippen molar-refractivity contribution in [3.05, 3.63) is 77.0 Å². The van der Waals surface area contributed by atoms with Gasteiger partial charge in [-0.1, -0.05) is 6.07 Å². The molecule has 0 saturated carbocycles. The lowest BCUT2D eigenvalue weighted by Crippen LogP contribution is -2.18. The van der Waals surface area contributed by atoms with Gasteiger partial charge in [-0.3, -0.25) is 5.41 Å². The normalized spacial score (nSPS) is 15.0. The van der Waals surface area contributed by atoms with E-state index in [2.05, 4.69) is 16.4 Å². The largest absolute Gasteiger partial charge is 0.442 e. The van der Waals surface area contributed by atoms with Gasteiger partial charge in [0.15, 0.2) is 12.2 Å². The summed E-state index contributed by atoms with van der Waals surface area (Å²) in [5.74, 6) is 0.380. The molecular formula is C21H24IN5O.